The van der Waals surface area contributed by atoms with Gasteiger partial charge in [0.05, 0.1) is 23.5 Å². The summed E-state index contributed by atoms with van der Waals surface area (Å²) >= 11 is 0. The van der Waals surface area contributed by atoms with Crippen molar-refractivity contribution in [2.45, 2.75) is 32.1 Å². The molecule has 0 radical (unpaired) electrons. The number of aryl methyl sites for hydroxylation is 1. The number of benzene rings is 4. The van der Waals surface area contributed by atoms with Crippen LogP contribution in [0.4, 0.5) is 11.4 Å². The Labute approximate surface area is 220 Å². The van der Waals surface area contributed by atoms with E-state index in [1.54, 1.807) is 24.3 Å². The number of carboxylic acids is 2. The summed E-state index contributed by atoms with van der Waals surface area (Å²) in [5, 5.41) is 20.5. The van der Waals surface area contributed by atoms with Crippen LogP contribution in [0.1, 0.15) is 41.6 Å². The van der Waals surface area contributed by atoms with Crippen molar-refractivity contribution in [3.05, 3.63) is 102 Å². The third kappa shape index (κ3) is 6.37. The highest BCUT2D eigenvalue weighted by Crippen LogP contribution is 2.36. The Balaban J connectivity index is 1.50. The number of amides is 1. The maximum Gasteiger partial charge on any atom is 0.395 e. The minimum absolute atomic E-state index is 0.0262. The number of aliphatic carboxylic acids is 1. The van der Waals surface area contributed by atoms with Gasteiger partial charge in [0, 0.05) is 5.39 Å². The van der Waals surface area contributed by atoms with Gasteiger partial charge in [-0.2, -0.15) is 0 Å². The highest BCUT2D eigenvalue weighted by molar-refractivity contribution is 6.40. The van der Waals surface area contributed by atoms with Crippen molar-refractivity contribution < 1.29 is 29.3 Å². The first-order chi connectivity index (χ1) is 18.5. The first-order valence-corrected chi connectivity index (χ1v) is 12.5. The molecule has 0 unspecified atom stereocenters. The molecule has 0 aromatic heterocycles. The average Bonchev–Trinajstić information content (AvgIpc) is 2.93. The van der Waals surface area contributed by atoms with Gasteiger partial charge < -0.3 is 14.9 Å². The fourth-order valence-corrected chi connectivity index (χ4v) is 4.43. The van der Waals surface area contributed by atoms with Crippen LogP contribution in [0.15, 0.2) is 91.0 Å². The van der Waals surface area contributed by atoms with Crippen LogP contribution in [-0.4, -0.2) is 34.7 Å². The fraction of sp³-hybridized carbons (Fsp3) is 0.194. The van der Waals surface area contributed by atoms with Crippen molar-refractivity contribution in [1.82, 2.24) is 0 Å². The molecule has 0 bridgehead atoms. The van der Waals surface area contributed by atoms with Crippen molar-refractivity contribution in [1.29, 1.82) is 0 Å². The summed E-state index contributed by atoms with van der Waals surface area (Å²) < 4.78 is 5.98. The number of anilines is 2. The van der Waals surface area contributed by atoms with E-state index in [1.807, 2.05) is 24.3 Å². The molecule has 0 heterocycles. The van der Waals surface area contributed by atoms with Crippen molar-refractivity contribution >= 4 is 40.0 Å². The van der Waals surface area contributed by atoms with Crippen LogP contribution in [-0.2, 0) is 16.0 Å². The van der Waals surface area contributed by atoms with Crippen LogP contribution in [0.2, 0.25) is 0 Å². The second-order valence-electron chi connectivity index (χ2n) is 8.93. The number of ether oxygens (including phenoxy) is 1. The maximum atomic E-state index is 12.8. The van der Waals surface area contributed by atoms with Crippen LogP contribution >= 0.6 is 0 Å². The molecule has 1 amide bonds. The molecule has 0 spiro atoms. The highest BCUT2D eigenvalue weighted by atomic mass is 16.5. The van der Waals surface area contributed by atoms with E-state index in [4.69, 9.17) is 4.74 Å². The Morgan fingerprint density at radius 1 is 0.711 bits per heavy atom. The molecule has 7 heteroatoms. The lowest BCUT2D eigenvalue weighted by molar-refractivity contribution is -0.148. The molecule has 0 fully saturated rings. The van der Waals surface area contributed by atoms with Gasteiger partial charge in [-0.15, -0.1) is 0 Å². The number of carbonyl (C=O) groups excluding carboxylic acids is 1. The number of nitrogens with zero attached hydrogens (tertiary/aromatic N) is 1. The third-order valence-electron chi connectivity index (χ3n) is 6.30. The van der Waals surface area contributed by atoms with E-state index in [0.29, 0.717) is 17.7 Å². The lowest BCUT2D eigenvalue weighted by Crippen LogP contribution is -2.33. The number of para-hydroxylation sites is 1. The van der Waals surface area contributed by atoms with Gasteiger partial charge in [0.1, 0.15) is 5.75 Å². The van der Waals surface area contributed by atoms with Crippen molar-refractivity contribution in [2.24, 2.45) is 0 Å². The van der Waals surface area contributed by atoms with Crippen molar-refractivity contribution in [3.63, 3.8) is 0 Å². The molecule has 4 aromatic rings. The summed E-state index contributed by atoms with van der Waals surface area (Å²) in [5.74, 6) is -3.63. The quantitative estimate of drug-likeness (QED) is 0.177. The smallest absolute Gasteiger partial charge is 0.395 e. The molecule has 0 aliphatic heterocycles. The summed E-state index contributed by atoms with van der Waals surface area (Å²) in [7, 11) is 0. The molecule has 2 N–H and O–H groups in total. The highest BCUT2D eigenvalue weighted by Gasteiger charge is 2.29. The lowest BCUT2D eigenvalue weighted by atomic mass is 10.0. The number of unbranched alkanes of at least 4 members (excludes halogenated alkanes) is 3. The van der Waals surface area contributed by atoms with Gasteiger partial charge in [-0.1, -0.05) is 73.5 Å². The number of carbonyl (C=O) groups is 3. The Morgan fingerprint density at radius 3 is 2.18 bits per heavy atom. The Morgan fingerprint density at radius 2 is 1.42 bits per heavy atom. The molecule has 4 aromatic carbocycles. The summed E-state index contributed by atoms with van der Waals surface area (Å²) in [4.78, 5) is 37.4. The topological polar surface area (TPSA) is 104 Å². The van der Waals surface area contributed by atoms with Gasteiger partial charge in [-0.3, -0.25) is 9.69 Å². The van der Waals surface area contributed by atoms with E-state index in [9.17, 15) is 24.6 Å². The van der Waals surface area contributed by atoms with Crippen molar-refractivity contribution in [2.75, 3.05) is 11.5 Å². The number of carboxylic acid groups (broad SMARTS) is 2. The first-order valence-electron chi connectivity index (χ1n) is 12.5. The lowest BCUT2D eigenvalue weighted by Gasteiger charge is -2.24. The molecule has 194 valence electrons. The maximum absolute atomic E-state index is 12.8. The largest absolute Gasteiger partial charge is 0.494 e. The summed E-state index contributed by atoms with van der Waals surface area (Å²) in [6.45, 7) is 0.526. The van der Waals surface area contributed by atoms with Crippen LogP contribution in [0.5, 0.6) is 5.75 Å². The van der Waals surface area contributed by atoms with Crippen LogP contribution in [0.25, 0.3) is 10.8 Å². The molecular formula is C31H29NO6. The molecule has 0 aliphatic carbocycles. The standard InChI is InChI=1S/C31H29NO6/c33-29(31(36)37)32(27-16-8-7-15-25(27)30(34)35)28-17-10-14-23-18-19-24(21-26(23)28)38-20-9-2-1-4-11-22-12-5-3-6-13-22/h3,5-8,10,12-19,21H,1-2,4,9,11,20H2,(H,34,35)(H,36,37). The van der Waals surface area contributed by atoms with Crippen LogP contribution < -0.4 is 9.64 Å². The summed E-state index contributed by atoms with van der Waals surface area (Å²) in [6.07, 6.45) is 5.22. The molecule has 0 saturated carbocycles. The van der Waals surface area contributed by atoms with E-state index in [-0.39, 0.29) is 16.9 Å². The number of aromatic carboxylic acids is 1. The molecule has 0 atom stereocenters. The van der Waals surface area contributed by atoms with E-state index >= 15 is 0 Å². The van der Waals surface area contributed by atoms with Gasteiger partial charge in [0.2, 0.25) is 0 Å². The molecule has 0 aliphatic rings. The monoisotopic (exact) mass is 511 g/mol. The predicted octanol–water partition coefficient (Wildman–Crippen LogP) is 6.47. The zero-order valence-electron chi connectivity index (χ0n) is 20.9. The summed E-state index contributed by atoms with van der Waals surface area (Å²) in [5.41, 5.74) is 1.40. The zero-order chi connectivity index (χ0) is 26.9. The number of hydrogen-bond acceptors (Lipinski definition) is 4. The predicted molar refractivity (Wildman–Crippen MR) is 146 cm³/mol. The Kier molecular flexibility index (Phi) is 8.72. The van der Waals surface area contributed by atoms with E-state index in [1.165, 1.54) is 23.8 Å². The normalized spacial score (nSPS) is 10.7. The Bertz CT molecular complexity index is 1430. The minimum Gasteiger partial charge on any atom is -0.494 e. The average molecular weight is 512 g/mol. The molecule has 4 rings (SSSR count). The third-order valence-corrected chi connectivity index (χ3v) is 6.30. The van der Waals surface area contributed by atoms with Crippen molar-refractivity contribution in [3.8, 4) is 5.75 Å². The van der Waals surface area contributed by atoms with Gasteiger partial charge in [-0.05, 0) is 60.5 Å². The van der Waals surface area contributed by atoms with E-state index < -0.39 is 17.8 Å². The fourth-order valence-electron chi connectivity index (χ4n) is 4.43. The van der Waals surface area contributed by atoms with Gasteiger partial charge >= 0.3 is 17.8 Å². The number of rotatable bonds is 11. The second kappa shape index (κ2) is 12.5. The number of hydrogen-bond donors (Lipinski definition) is 2. The van der Waals surface area contributed by atoms with Gasteiger partial charge in [0.25, 0.3) is 0 Å². The first kappa shape index (κ1) is 26.4. The Hall–Kier alpha value is -4.65. The van der Waals surface area contributed by atoms with Crippen LogP contribution in [0.3, 0.4) is 0 Å². The molecule has 7 nitrogen and oxygen atoms in total. The van der Waals surface area contributed by atoms with Gasteiger partial charge in [0.15, 0.2) is 0 Å². The SMILES string of the molecule is O=C(O)C(=O)N(c1ccccc1C(=O)O)c1cccc2ccc(OCCCCCCc3ccccc3)cc12. The van der Waals surface area contributed by atoms with E-state index in [2.05, 4.69) is 24.3 Å². The second-order valence-corrected chi connectivity index (χ2v) is 8.93. The molecule has 38 heavy (non-hydrogen) atoms. The zero-order valence-corrected chi connectivity index (χ0v) is 20.9. The molecule has 0 saturated heterocycles. The summed E-state index contributed by atoms with van der Waals surface area (Å²) in [6, 6.07) is 26.8. The molecular weight excluding hydrogens is 482 g/mol. The van der Waals surface area contributed by atoms with Gasteiger partial charge in [-0.25, -0.2) is 9.59 Å². The van der Waals surface area contributed by atoms with Crippen LogP contribution in [0, 0.1) is 0 Å². The van der Waals surface area contributed by atoms with E-state index in [0.717, 1.165) is 42.4 Å². The minimum atomic E-state index is -1.69. The number of fused-ring (bicyclic) bond motifs is 1.